The molecule has 0 aliphatic carbocycles. The van der Waals surface area contributed by atoms with Gasteiger partial charge in [-0.2, -0.15) is 0 Å². The number of hydrogen-bond donors (Lipinski definition) is 3. The van der Waals surface area contributed by atoms with Crippen LogP contribution in [0.3, 0.4) is 0 Å². The van der Waals surface area contributed by atoms with Crippen molar-refractivity contribution in [1.82, 2.24) is 5.32 Å². The highest BCUT2D eigenvalue weighted by molar-refractivity contribution is 7.47. The average molecular weight is 1110 g/mol. The number of carbonyl (C=O) groups excluding carboxylic acids is 1. The Morgan fingerprint density at radius 3 is 1.13 bits per heavy atom. The van der Waals surface area contributed by atoms with Crippen LogP contribution in [0.5, 0.6) is 0 Å². The van der Waals surface area contributed by atoms with Gasteiger partial charge in [0.1, 0.15) is 13.2 Å². The third kappa shape index (κ3) is 61.6. The van der Waals surface area contributed by atoms with Crippen molar-refractivity contribution in [2.45, 2.75) is 321 Å². The van der Waals surface area contributed by atoms with E-state index in [9.17, 15) is 19.4 Å². The molecule has 0 radical (unpaired) electrons. The van der Waals surface area contributed by atoms with Crippen LogP contribution >= 0.6 is 7.82 Å². The number of likely N-dealkylation sites (N-methyl/N-ethyl adjacent to an activating group) is 1. The van der Waals surface area contributed by atoms with Gasteiger partial charge in [-0.25, -0.2) is 4.57 Å². The van der Waals surface area contributed by atoms with Crippen LogP contribution in [0.15, 0.2) is 72.9 Å². The van der Waals surface area contributed by atoms with Gasteiger partial charge in [0.2, 0.25) is 5.91 Å². The van der Waals surface area contributed by atoms with Gasteiger partial charge in [0.15, 0.2) is 0 Å². The Labute approximate surface area is 484 Å². The Kier molecular flexibility index (Phi) is 58.0. The first-order chi connectivity index (χ1) is 38.0. The minimum absolute atomic E-state index is 0.0615. The molecule has 9 heteroatoms. The van der Waals surface area contributed by atoms with Gasteiger partial charge >= 0.3 is 7.82 Å². The second-order valence-corrected chi connectivity index (χ2v) is 25.3. The smallest absolute Gasteiger partial charge is 0.387 e. The topological polar surface area (TPSA) is 105 Å². The van der Waals surface area contributed by atoms with Crippen LogP contribution in [-0.4, -0.2) is 73.4 Å². The number of allylic oxidation sites excluding steroid dienone is 11. The maximum Gasteiger partial charge on any atom is 0.472 e. The summed E-state index contributed by atoms with van der Waals surface area (Å²) in [5, 5.41) is 14.0. The van der Waals surface area contributed by atoms with Crippen LogP contribution in [0.1, 0.15) is 309 Å². The quantitative estimate of drug-likeness (QED) is 0.0243. The van der Waals surface area contributed by atoms with E-state index in [4.69, 9.17) is 9.05 Å². The number of amides is 1. The molecule has 456 valence electrons. The monoisotopic (exact) mass is 1110 g/mol. The zero-order chi connectivity index (χ0) is 57.0. The summed E-state index contributed by atoms with van der Waals surface area (Å²) in [5.74, 6) is -0.173. The molecule has 0 aromatic rings. The lowest BCUT2D eigenvalue weighted by Crippen LogP contribution is -2.45. The Hall–Kier alpha value is -2.06. The molecule has 0 aliphatic rings. The zero-order valence-electron chi connectivity index (χ0n) is 52.2. The molecular weight excluding hydrogens is 984 g/mol. The number of phosphoric ester groups is 1. The minimum Gasteiger partial charge on any atom is -0.387 e. The Balaban J connectivity index is 4.04. The van der Waals surface area contributed by atoms with E-state index in [2.05, 4.69) is 79.9 Å². The van der Waals surface area contributed by atoms with E-state index in [1.165, 1.54) is 218 Å². The fraction of sp³-hybridized carbons (Fsp3) is 0.812. The highest BCUT2D eigenvalue weighted by Gasteiger charge is 2.28. The SMILES string of the molecule is CC/C=C\C/C=C\C/C=C\C/C=C\C/C=C\CCCCCCCCCCCCCCCCCCCCCC(=O)NC(COP(=O)(O)OCC[N+](C)(C)C)C(O)/C=C/CCCCCCCCCCCCCCCCCCCCC. The Morgan fingerprint density at radius 1 is 0.449 bits per heavy atom. The molecule has 0 aliphatic heterocycles. The fourth-order valence-electron chi connectivity index (χ4n) is 9.78. The van der Waals surface area contributed by atoms with Gasteiger partial charge in [0.25, 0.3) is 0 Å². The van der Waals surface area contributed by atoms with E-state index in [1.807, 2.05) is 27.2 Å². The molecule has 1 amide bonds. The molecule has 0 fully saturated rings. The number of carbonyl (C=O) groups is 1. The van der Waals surface area contributed by atoms with Crippen molar-refractivity contribution in [1.29, 1.82) is 0 Å². The fourth-order valence-corrected chi connectivity index (χ4v) is 10.5. The normalized spacial score (nSPS) is 14.2. The molecular formula is C69H130N2O6P+. The van der Waals surface area contributed by atoms with Crippen LogP contribution in [0.4, 0.5) is 0 Å². The number of phosphoric acid groups is 1. The summed E-state index contributed by atoms with van der Waals surface area (Å²) in [6.45, 7) is 4.74. The predicted octanol–water partition coefficient (Wildman–Crippen LogP) is 21.0. The van der Waals surface area contributed by atoms with Gasteiger partial charge in [-0.3, -0.25) is 13.8 Å². The van der Waals surface area contributed by atoms with E-state index < -0.39 is 20.0 Å². The van der Waals surface area contributed by atoms with Crippen molar-refractivity contribution in [2.24, 2.45) is 0 Å². The third-order valence-corrected chi connectivity index (χ3v) is 15.9. The summed E-state index contributed by atoms with van der Waals surface area (Å²) in [7, 11) is 1.58. The molecule has 3 unspecified atom stereocenters. The number of nitrogens with zero attached hydrogens (tertiary/aromatic N) is 1. The van der Waals surface area contributed by atoms with Gasteiger partial charge in [-0.1, -0.05) is 311 Å². The lowest BCUT2D eigenvalue weighted by Gasteiger charge is -2.25. The van der Waals surface area contributed by atoms with Crippen LogP contribution in [-0.2, 0) is 18.4 Å². The van der Waals surface area contributed by atoms with Crippen molar-refractivity contribution in [3.63, 3.8) is 0 Å². The van der Waals surface area contributed by atoms with Gasteiger partial charge in [-0.05, 0) is 64.2 Å². The summed E-state index contributed by atoms with van der Waals surface area (Å²) >= 11 is 0. The molecule has 0 saturated heterocycles. The second kappa shape index (κ2) is 59.6. The maximum atomic E-state index is 13.0. The number of hydrogen-bond acceptors (Lipinski definition) is 5. The second-order valence-electron chi connectivity index (χ2n) is 23.8. The lowest BCUT2D eigenvalue weighted by atomic mass is 10.0. The summed E-state index contributed by atoms with van der Waals surface area (Å²) in [5.41, 5.74) is 0. The van der Waals surface area contributed by atoms with E-state index in [1.54, 1.807) is 6.08 Å². The van der Waals surface area contributed by atoms with Gasteiger partial charge in [-0.15, -0.1) is 0 Å². The van der Waals surface area contributed by atoms with Crippen molar-refractivity contribution < 1.29 is 32.9 Å². The lowest BCUT2D eigenvalue weighted by molar-refractivity contribution is -0.870. The number of nitrogens with one attached hydrogen (secondary N) is 1. The Morgan fingerprint density at radius 2 is 0.769 bits per heavy atom. The molecule has 0 spiro atoms. The van der Waals surface area contributed by atoms with Crippen molar-refractivity contribution in [3.05, 3.63) is 72.9 Å². The molecule has 0 saturated carbocycles. The number of aliphatic hydroxyl groups is 1. The van der Waals surface area contributed by atoms with Crippen LogP contribution in [0, 0.1) is 0 Å². The number of rotatable bonds is 61. The standard InChI is InChI=1S/C69H129N2O6P/c1-6-8-10-12-14-16-18-20-22-24-26-28-29-30-31-32-33-34-35-36-37-38-39-40-41-43-45-47-49-51-53-55-57-59-61-63-69(73)70-67(66-77-78(74,75)76-65-64-71(3,4)5)68(72)62-60-58-56-54-52-50-48-46-44-42-27-25-23-21-19-17-15-13-11-9-7-2/h8,10,14,16,20,22,26,28,30-31,60,62,67-68,72H,6-7,9,11-13,15,17-19,21,23-25,27,29,32-59,61,63-66H2,1-5H3,(H-,70,73,74,75)/p+1/b10-8-,16-14-,22-20-,28-26-,31-30-,62-60+. The predicted molar refractivity (Wildman–Crippen MR) is 341 cm³/mol. The summed E-state index contributed by atoms with van der Waals surface area (Å²) in [6, 6.07) is -0.849. The first-order valence-electron chi connectivity index (χ1n) is 33.3. The van der Waals surface area contributed by atoms with E-state index in [-0.39, 0.29) is 19.1 Å². The molecule has 0 aromatic heterocycles. The first kappa shape index (κ1) is 75.9. The van der Waals surface area contributed by atoms with Crippen LogP contribution in [0.25, 0.3) is 0 Å². The average Bonchev–Trinajstić information content (AvgIpc) is 3.41. The van der Waals surface area contributed by atoms with Crippen LogP contribution < -0.4 is 5.32 Å². The van der Waals surface area contributed by atoms with Gasteiger partial charge < -0.3 is 19.8 Å². The van der Waals surface area contributed by atoms with Gasteiger partial charge in [0, 0.05) is 6.42 Å². The van der Waals surface area contributed by atoms with E-state index in [0.29, 0.717) is 17.4 Å². The highest BCUT2D eigenvalue weighted by atomic mass is 31.2. The van der Waals surface area contributed by atoms with Crippen molar-refractivity contribution >= 4 is 13.7 Å². The largest absolute Gasteiger partial charge is 0.472 e. The van der Waals surface area contributed by atoms with Crippen molar-refractivity contribution in [3.8, 4) is 0 Å². The maximum absolute atomic E-state index is 13.0. The minimum atomic E-state index is -4.35. The molecule has 78 heavy (non-hydrogen) atoms. The number of unbranched alkanes of at least 4 members (excludes halogenated alkanes) is 38. The molecule has 3 N–H and O–H groups in total. The van der Waals surface area contributed by atoms with E-state index >= 15 is 0 Å². The summed E-state index contributed by atoms with van der Waals surface area (Å²) < 4.78 is 23.8. The molecule has 0 rings (SSSR count). The summed E-state index contributed by atoms with van der Waals surface area (Å²) in [4.78, 5) is 23.4. The Bertz CT molecular complexity index is 1500. The number of aliphatic hydroxyl groups excluding tert-OH is 1. The molecule has 3 atom stereocenters. The third-order valence-electron chi connectivity index (χ3n) is 14.9. The van der Waals surface area contributed by atoms with Gasteiger partial charge in [0.05, 0.1) is 39.9 Å². The number of quaternary nitrogens is 1. The first-order valence-corrected chi connectivity index (χ1v) is 34.8. The van der Waals surface area contributed by atoms with Crippen molar-refractivity contribution in [2.75, 3.05) is 40.9 Å². The zero-order valence-corrected chi connectivity index (χ0v) is 53.0. The summed E-state index contributed by atoms with van der Waals surface area (Å²) in [6.07, 6.45) is 83.2. The molecule has 0 heterocycles. The van der Waals surface area contributed by atoms with Crippen LogP contribution in [0.2, 0.25) is 0 Å². The van der Waals surface area contributed by atoms with E-state index in [0.717, 1.165) is 70.6 Å². The molecule has 8 nitrogen and oxygen atoms in total. The highest BCUT2D eigenvalue weighted by Crippen LogP contribution is 2.43. The molecule has 0 bridgehead atoms. The molecule has 0 aromatic carbocycles.